The fourth-order valence-corrected chi connectivity index (χ4v) is 4.36. The van der Waals surface area contributed by atoms with Crippen LogP contribution >= 0.6 is 0 Å². The summed E-state index contributed by atoms with van der Waals surface area (Å²) in [7, 11) is 0. The number of para-hydroxylation sites is 2. The molecule has 7 heteroatoms. The Balaban J connectivity index is 1.70. The molecule has 0 bridgehead atoms. The smallest absolute Gasteiger partial charge is 0.327 e. The van der Waals surface area contributed by atoms with Gasteiger partial charge in [0.15, 0.2) is 0 Å². The zero-order valence-corrected chi connectivity index (χ0v) is 18.3. The van der Waals surface area contributed by atoms with Crippen LogP contribution in [0, 0.1) is 17.2 Å². The summed E-state index contributed by atoms with van der Waals surface area (Å²) in [5.41, 5.74) is 2.54. The highest BCUT2D eigenvalue weighted by molar-refractivity contribution is 5.80. The highest BCUT2D eigenvalue weighted by Gasteiger charge is 2.29. The molecule has 0 unspecified atom stereocenters. The van der Waals surface area contributed by atoms with Crippen LogP contribution in [0.1, 0.15) is 50.5 Å². The van der Waals surface area contributed by atoms with Crippen molar-refractivity contribution in [3.63, 3.8) is 0 Å². The lowest BCUT2D eigenvalue weighted by molar-refractivity contribution is 0.500. The minimum atomic E-state index is -0.369. The molecule has 32 heavy (non-hydrogen) atoms. The van der Waals surface area contributed by atoms with Crippen molar-refractivity contribution in [2.24, 2.45) is 5.92 Å². The van der Waals surface area contributed by atoms with Gasteiger partial charge in [-0.25, -0.2) is 4.79 Å². The van der Waals surface area contributed by atoms with Crippen molar-refractivity contribution in [3.05, 3.63) is 74.7 Å². The van der Waals surface area contributed by atoms with Gasteiger partial charge in [-0.1, -0.05) is 26.0 Å². The maximum atomic E-state index is 13.4. The first-order chi connectivity index (χ1) is 15.5. The van der Waals surface area contributed by atoms with E-state index in [-0.39, 0.29) is 23.8 Å². The molecule has 0 amide bonds. The Morgan fingerprint density at radius 1 is 1.06 bits per heavy atom. The largest absolute Gasteiger partial charge is 0.329 e. The molecule has 1 aliphatic rings. The molecule has 162 valence electrons. The molecule has 2 aromatic carbocycles. The van der Waals surface area contributed by atoms with Crippen LogP contribution in [0.4, 0.5) is 0 Å². The Morgan fingerprint density at radius 3 is 2.50 bits per heavy atom. The Labute approximate surface area is 185 Å². The van der Waals surface area contributed by atoms with Gasteiger partial charge in [-0.05, 0) is 55.5 Å². The molecule has 2 aromatic heterocycles. The summed E-state index contributed by atoms with van der Waals surface area (Å²) in [4.78, 5) is 30.6. The van der Waals surface area contributed by atoms with Gasteiger partial charge >= 0.3 is 5.69 Å². The first-order valence-electron chi connectivity index (χ1n) is 11.1. The first-order valence-corrected chi connectivity index (χ1v) is 11.1. The Hall–Kier alpha value is -3.66. The van der Waals surface area contributed by atoms with Crippen molar-refractivity contribution in [2.75, 3.05) is 0 Å². The lowest BCUT2D eigenvalue weighted by atomic mass is 10.1. The second-order valence-electron chi connectivity index (χ2n) is 8.97. The van der Waals surface area contributed by atoms with Gasteiger partial charge < -0.3 is 4.57 Å². The topological polar surface area (TPSA) is 85.6 Å². The summed E-state index contributed by atoms with van der Waals surface area (Å²) in [6.45, 7) is 5.21. The van der Waals surface area contributed by atoms with Gasteiger partial charge in [0.25, 0.3) is 5.56 Å². The normalized spacial score (nSPS) is 13.8. The molecule has 7 nitrogen and oxygen atoms in total. The van der Waals surface area contributed by atoms with Crippen molar-refractivity contribution in [3.8, 4) is 6.07 Å². The van der Waals surface area contributed by atoms with E-state index in [1.165, 1.54) is 0 Å². The van der Waals surface area contributed by atoms with Gasteiger partial charge in [0.05, 0.1) is 40.1 Å². The van der Waals surface area contributed by atoms with Crippen LogP contribution in [0.3, 0.4) is 0 Å². The van der Waals surface area contributed by atoms with Crippen molar-refractivity contribution in [1.29, 1.82) is 5.26 Å². The van der Waals surface area contributed by atoms with Crippen molar-refractivity contribution >= 4 is 21.9 Å². The number of aryl methyl sites for hydroxylation is 1. The Morgan fingerprint density at radius 2 is 1.81 bits per heavy atom. The van der Waals surface area contributed by atoms with E-state index in [2.05, 4.69) is 24.9 Å². The highest BCUT2D eigenvalue weighted by atomic mass is 16.2. The number of nitrogens with zero attached hydrogens (tertiary/aromatic N) is 5. The SMILES string of the molecule is CC(C)CCn1c(Cn2c(=O)n(C3CC3)c3ccccc32)nc(=O)c2cc(C#N)ccc21. The van der Waals surface area contributed by atoms with Gasteiger partial charge in [0.1, 0.15) is 5.82 Å². The average Bonchev–Trinajstić information content (AvgIpc) is 3.58. The second kappa shape index (κ2) is 7.79. The molecule has 1 fully saturated rings. The zero-order chi connectivity index (χ0) is 22.4. The van der Waals surface area contributed by atoms with E-state index in [9.17, 15) is 14.9 Å². The van der Waals surface area contributed by atoms with Crippen LogP contribution in [0.25, 0.3) is 21.9 Å². The molecule has 5 rings (SSSR count). The molecule has 0 saturated heterocycles. The molecule has 0 spiro atoms. The monoisotopic (exact) mass is 427 g/mol. The molecule has 0 atom stereocenters. The average molecular weight is 428 g/mol. The molecule has 0 aliphatic heterocycles. The van der Waals surface area contributed by atoms with E-state index in [4.69, 9.17) is 0 Å². The van der Waals surface area contributed by atoms with Crippen LogP contribution in [-0.4, -0.2) is 18.7 Å². The van der Waals surface area contributed by atoms with Crippen molar-refractivity contribution in [2.45, 2.75) is 52.2 Å². The molecule has 0 N–H and O–H groups in total. The molecule has 1 saturated carbocycles. The van der Waals surface area contributed by atoms with E-state index in [1.54, 1.807) is 16.7 Å². The first kappa shape index (κ1) is 20.3. The standard InChI is InChI=1S/C25H25N5O2/c1-16(2)11-12-28-20-10-7-17(14-26)13-19(20)24(31)27-23(28)15-29-21-5-3-4-6-22(21)30(25(29)32)18-8-9-18/h3-7,10,13,16,18H,8-9,11-12,15H2,1-2H3. The minimum absolute atomic E-state index is 0.0571. The number of fused-ring (bicyclic) bond motifs is 2. The van der Waals surface area contributed by atoms with Crippen LogP contribution in [-0.2, 0) is 13.1 Å². The van der Waals surface area contributed by atoms with Crippen molar-refractivity contribution in [1.82, 2.24) is 18.7 Å². The van der Waals surface area contributed by atoms with E-state index < -0.39 is 0 Å². The van der Waals surface area contributed by atoms with Gasteiger partial charge in [0, 0.05) is 12.6 Å². The lowest BCUT2D eigenvalue weighted by Gasteiger charge is -2.17. The summed E-state index contributed by atoms with van der Waals surface area (Å²) < 4.78 is 5.65. The molecular formula is C25H25N5O2. The summed E-state index contributed by atoms with van der Waals surface area (Å²) >= 11 is 0. The number of nitriles is 1. The van der Waals surface area contributed by atoms with Crippen LogP contribution < -0.4 is 11.2 Å². The predicted molar refractivity (Wildman–Crippen MR) is 124 cm³/mol. The maximum absolute atomic E-state index is 13.4. The number of rotatable bonds is 6. The fraction of sp³-hybridized carbons (Fsp3) is 0.360. The van der Waals surface area contributed by atoms with Crippen LogP contribution in [0.5, 0.6) is 0 Å². The third-order valence-electron chi connectivity index (χ3n) is 6.20. The Kier molecular flexibility index (Phi) is 4.93. The third-order valence-corrected chi connectivity index (χ3v) is 6.20. The van der Waals surface area contributed by atoms with Crippen LogP contribution in [0.2, 0.25) is 0 Å². The van der Waals surface area contributed by atoms with Gasteiger partial charge in [0.2, 0.25) is 0 Å². The number of benzene rings is 2. The van der Waals surface area contributed by atoms with E-state index in [1.807, 2.05) is 39.5 Å². The number of hydrogen-bond acceptors (Lipinski definition) is 4. The summed E-state index contributed by atoms with van der Waals surface area (Å²) in [6, 6.07) is 15.3. The lowest BCUT2D eigenvalue weighted by Crippen LogP contribution is -2.28. The maximum Gasteiger partial charge on any atom is 0.329 e. The third kappa shape index (κ3) is 3.42. The molecular weight excluding hydrogens is 402 g/mol. The molecule has 2 heterocycles. The number of hydrogen-bond donors (Lipinski definition) is 0. The van der Waals surface area contributed by atoms with E-state index in [0.717, 1.165) is 35.8 Å². The molecule has 4 aromatic rings. The fourth-order valence-electron chi connectivity index (χ4n) is 4.36. The summed E-state index contributed by atoms with van der Waals surface area (Å²) in [6.07, 6.45) is 2.94. The van der Waals surface area contributed by atoms with Gasteiger partial charge in [-0.2, -0.15) is 10.2 Å². The van der Waals surface area contributed by atoms with E-state index in [0.29, 0.717) is 29.2 Å². The predicted octanol–water partition coefficient (Wildman–Crippen LogP) is 3.81. The quantitative estimate of drug-likeness (QED) is 0.468. The van der Waals surface area contributed by atoms with Gasteiger partial charge in [-0.3, -0.25) is 13.9 Å². The number of aromatic nitrogens is 4. The van der Waals surface area contributed by atoms with E-state index >= 15 is 0 Å². The Bertz CT molecular complexity index is 1500. The zero-order valence-electron chi connectivity index (χ0n) is 18.3. The molecule has 1 aliphatic carbocycles. The molecule has 0 radical (unpaired) electrons. The second-order valence-corrected chi connectivity index (χ2v) is 8.97. The summed E-state index contributed by atoms with van der Waals surface area (Å²) in [5.74, 6) is 1.03. The minimum Gasteiger partial charge on any atom is -0.327 e. The van der Waals surface area contributed by atoms with Crippen LogP contribution in [0.15, 0.2) is 52.1 Å². The number of imidazole rings is 1. The van der Waals surface area contributed by atoms with Gasteiger partial charge in [-0.15, -0.1) is 0 Å². The summed E-state index contributed by atoms with van der Waals surface area (Å²) in [5, 5.41) is 9.68. The van der Waals surface area contributed by atoms with Crippen molar-refractivity contribution < 1.29 is 0 Å². The highest BCUT2D eigenvalue weighted by Crippen LogP contribution is 2.36.